The van der Waals surface area contributed by atoms with Crippen LogP contribution in [0, 0.1) is 0 Å². The van der Waals surface area contributed by atoms with E-state index in [-0.39, 0.29) is 17.8 Å². The van der Waals surface area contributed by atoms with Crippen LogP contribution in [0.5, 0.6) is 23.0 Å². The summed E-state index contributed by atoms with van der Waals surface area (Å²) < 4.78 is 18.4. The molecule has 5 aromatic rings. The van der Waals surface area contributed by atoms with Crippen LogP contribution in [0.4, 0.5) is 0 Å². The van der Waals surface area contributed by atoms with Crippen LogP contribution in [0.25, 0.3) is 16.6 Å². The Balaban J connectivity index is 1.28. The Morgan fingerprint density at radius 1 is 0.860 bits per heavy atom. The number of Topliss-reactive ketones (excluding diaryl/α,β-unsaturated/α-hetero) is 2. The molecule has 6 rings (SSSR count). The van der Waals surface area contributed by atoms with E-state index in [0.29, 0.717) is 64.0 Å². The Morgan fingerprint density at radius 2 is 1.63 bits per heavy atom. The molecule has 1 aliphatic carbocycles. The van der Waals surface area contributed by atoms with Crippen molar-refractivity contribution in [1.82, 2.24) is 14.5 Å². The van der Waals surface area contributed by atoms with Crippen molar-refractivity contribution in [3.63, 3.8) is 0 Å². The molecule has 0 radical (unpaired) electrons. The predicted octanol–water partition coefficient (Wildman–Crippen LogP) is 5.92. The Labute approximate surface area is 247 Å². The van der Waals surface area contributed by atoms with E-state index in [0.717, 1.165) is 18.2 Å². The van der Waals surface area contributed by atoms with Gasteiger partial charge in [0.25, 0.3) is 5.56 Å². The molecule has 0 aliphatic heterocycles. The molecular weight excluding hydrogens is 546 g/mol. The first kappa shape index (κ1) is 27.8. The molecule has 0 unspecified atom stereocenters. The Hall–Kier alpha value is -5.31. The fourth-order valence-electron chi connectivity index (χ4n) is 5.40. The Kier molecular flexibility index (Phi) is 7.70. The summed E-state index contributed by atoms with van der Waals surface area (Å²) in [6.07, 6.45) is 5.59. The van der Waals surface area contributed by atoms with Gasteiger partial charge >= 0.3 is 0 Å². The highest BCUT2D eigenvalue weighted by Crippen LogP contribution is 2.36. The van der Waals surface area contributed by atoms with E-state index >= 15 is 0 Å². The van der Waals surface area contributed by atoms with Crippen LogP contribution in [0.2, 0.25) is 0 Å². The van der Waals surface area contributed by atoms with Gasteiger partial charge in [-0.1, -0.05) is 18.2 Å². The molecule has 0 spiro atoms. The van der Waals surface area contributed by atoms with Gasteiger partial charge in [0, 0.05) is 46.7 Å². The van der Waals surface area contributed by atoms with Crippen LogP contribution < -0.4 is 19.8 Å². The summed E-state index contributed by atoms with van der Waals surface area (Å²) in [7, 11) is 3.12. The smallest absolute Gasteiger partial charge is 0.266 e. The van der Waals surface area contributed by atoms with Crippen molar-refractivity contribution in [3.8, 4) is 28.7 Å². The molecule has 216 valence electrons. The maximum absolute atomic E-state index is 13.7. The normalized spacial score (nSPS) is 12.8. The standard InChI is InChI=1S/C34H29N3O6/c1-41-32-18-24-27(19-33(32)42-2)35-15-14-31(24)43-23-13-12-21(36-20-23)16-30(39)26-17-25-28(10-6-7-11-29(25)38)37(34(26)40)22-8-4-3-5-9-22/h3-5,8-9,12-15,17-20H,6-7,10-11,16H2,1-2H3. The minimum Gasteiger partial charge on any atom is -0.493 e. The third-order valence-electron chi connectivity index (χ3n) is 7.56. The van der Waals surface area contributed by atoms with Crippen LogP contribution >= 0.6 is 0 Å². The molecule has 43 heavy (non-hydrogen) atoms. The number of ether oxygens (including phenoxy) is 3. The van der Waals surface area contributed by atoms with Gasteiger partial charge < -0.3 is 14.2 Å². The molecule has 0 atom stereocenters. The summed E-state index contributed by atoms with van der Waals surface area (Å²) in [5.41, 5.74) is 2.43. The summed E-state index contributed by atoms with van der Waals surface area (Å²) in [4.78, 5) is 49.0. The summed E-state index contributed by atoms with van der Waals surface area (Å²) in [6.45, 7) is 0. The molecule has 3 heterocycles. The number of aromatic nitrogens is 3. The third kappa shape index (κ3) is 5.49. The number of carbonyl (C=O) groups excluding carboxylic acids is 2. The molecule has 0 fully saturated rings. The number of ketones is 2. The number of pyridine rings is 3. The quantitative estimate of drug-likeness (QED) is 0.166. The maximum atomic E-state index is 13.7. The molecule has 0 bridgehead atoms. The zero-order valence-corrected chi connectivity index (χ0v) is 23.8. The molecule has 0 amide bonds. The highest BCUT2D eigenvalue weighted by Gasteiger charge is 2.25. The zero-order chi connectivity index (χ0) is 29.9. The minimum absolute atomic E-state index is 0.0207. The largest absolute Gasteiger partial charge is 0.493 e. The van der Waals surface area contributed by atoms with Crippen molar-refractivity contribution >= 4 is 22.5 Å². The molecule has 1 aliphatic rings. The second-order valence-corrected chi connectivity index (χ2v) is 10.2. The van der Waals surface area contributed by atoms with Gasteiger partial charge in [0.1, 0.15) is 11.5 Å². The van der Waals surface area contributed by atoms with Gasteiger partial charge in [-0.15, -0.1) is 0 Å². The first-order valence-electron chi connectivity index (χ1n) is 14.0. The summed E-state index contributed by atoms with van der Waals surface area (Å²) in [5, 5.41) is 0.729. The van der Waals surface area contributed by atoms with Crippen molar-refractivity contribution in [2.24, 2.45) is 0 Å². The van der Waals surface area contributed by atoms with Gasteiger partial charge in [0.2, 0.25) is 0 Å². The number of carbonyl (C=O) groups is 2. The van der Waals surface area contributed by atoms with Crippen molar-refractivity contribution in [1.29, 1.82) is 0 Å². The van der Waals surface area contributed by atoms with Gasteiger partial charge in [-0.05, 0) is 61.7 Å². The number of fused-ring (bicyclic) bond motifs is 2. The molecule has 9 heteroatoms. The summed E-state index contributed by atoms with van der Waals surface area (Å²) >= 11 is 0. The number of rotatable bonds is 8. The van der Waals surface area contributed by atoms with E-state index in [1.165, 1.54) is 16.8 Å². The van der Waals surface area contributed by atoms with E-state index in [1.807, 2.05) is 30.3 Å². The van der Waals surface area contributed by atoms with Gasteiger partial charge in [-0.25, -0.2) is 0 Å². The van der Waals surface area contributed by atoms with Crippen molar-refractivity contribution < 1.29 is 23.8 Å². The Morgan fingerprint density at radius 3 is 2.37 bits per heavy atom. The van der Waals surface area contributed by atoms with Crippen molar-refractivity contribution in [3.05, 3.63) is 112 Å². The highest BCUT2D eigenvalue weighted by atomic mass is 16.5. The average Bonchev–Trinajstić information content (AvgIpc) is 3.22. The number of hydrogen-bond acceptors (Lipinski definition) is 8. The maximum Gasteiger partial charge on any atom is 0.266 e. The molecular formula is C34H29N3O6. The molecule has 2 aromatic carbocycles. The lowest BCUT2D eigenvalue weighted by Crippen LogP contribution is -2.30. The van der Waals surface area contributed by atoms with E-state index < -0.39 is 11.3 Å². The molecule has 0 N–H and O–H groups in total. The highest BCUT2D eigenvalue weighted by molar-refractivity contribution is 6.02. The second kappa shape index (κ2) is 11.9. The van der Waals surface area contributed by atoms with Gasteiger partial charge in [-0.2, -0.15) is 0 Å². The van der Waals surface area contributed by atoms with Crippen molar-refractivity contribution in [2.45, 2.75) is 32.1 Å². The third-order valence-corrected chi connectivity index (χ3v) is 7.56. The van der Waals surface area contributed by atoms with Crippen LogP contribution in [0.3, 0.4) is 0 Å². The predicted molar refractivity (Wildman–Crippen MR) is 161 cm³/mol. The molecule has 3 aromatic heterocycles. The fourth-order valence-corrected chi connectivity index (χ4v) is 5.40. The van der Waals surface area contributed by atoms with E-state index in [2.05, 4.69) is 9.97 Å². The van der Waals surface area contributed by atoms with Crippen LogP contribution in [0.1, 0.15) is 51.4 Å². The average molecular weight is 576 g/mol. The van der Waals surface area contributed by atoms with Gasteiger partial charge in [0.15, 0.2) is 23.1 Å². The topological polar surface area (TPSA) is 110 Å². The number of methoxy groups -OCH3 is 2. The lowest BCUT2D eigenvalue weighted by Gasteiger charge is -2.17. The SMILES string of the molecule is COc1cc2nccc(Oc3ccc(CC(=O)c4cc5c(n(-c6ccccc6)c4=O)CCCCC5=O)nc3)c2cc1OC. The monoisotopic (exact) mass is 575 g/mol. The van der Waals surface area contributed by atoms with Crippen molar-refractivity contribution in [2.75, 3.05) is 14.2 Å². The van der Waals surface area contributed by atoms with E-state index in [4.69, 9.17) is 14.2 Å². The van der Waals surface area contributed by atoms with Crippen LogP contribution in [-0.4, -0.2) is 40.3 Å². The number of hydrogen-bond donors (Lipinski definition) is 0. The fraction of sp³-hybridized carbons (Fsp3) is 0.206. The summed E-state index contributed by atoms with van der Waals surface area (Å²) in [5.74, 6) is 1.66. The van der Waals surface area contributed by atoms with E-state index in [1.54, 1.807) is 50.7 Å². The Bertz CT molecular complexity index is 1900. The first-order chi connectivity index (χ1) is 21.0. The molecule has 0 saturated carbocycles. The number of nitrogens with zero attached hydrogens (tertiary/aromatic N) is 3. The second-order valence-electron chi connectivity index (χ2n) is 10.2. The zero-order valence-electron chi connectivity index (χ0n) is 23.8. The lowest BCUT2D eigenvalue weighted by molar-refractivity contribution is 0.0981. The number of para-hydroxylation sites is 1. The first-order valence-corrected chi connectivity index (χ1v) is 14.0. The van der Waals surface area contributed by atoms with Gasteiger partial charge in [-0.3, -0.25) is 28.9 Å². The molecule has 0 saturated heterocycles. The summed E-state index contributed by atoms with van der Waals surface area (Å²) in [6, 6.07) is 19.3. The molecule has 9 nitrogen and oxygen atoms in total. The minimum atomic E-state index is -0.429. The van der Waals surface area contributed by atoms with E-state index in [9.17, 15) is 14.4 Å². The van der Waals surface area contributed by atoms with Gasteiger partial charge in [0.05, 0.1) is 37.9 Å². The lowest BCUT2D eigenvalue weighted by atomic mass is 10.00. The van der Waals surface area contributed by atoms with Crippen LogP contribution in [0.15, 0.2) is 83.9 Å². The number of benzene rings is 2. The van der Waals surface area contributed by atoms with Crippen LogP contribution in [-0.2, 0) is 12.8 Å².